The lowest BCUT2D eigenvalue weighted by atomic mass is 9.76. The number of rotatable bonds is 4. The summed E-state index contributed by atoms with van der Waals surface area (Å²) in [7, 11) is 1.00. The first-order valence-electron chi connectivity index (χ1n) is 11.0. The number of aldehydes is 1. The van der Waals surface area contributed by atoms with E-state index in [1.807, 2.05) is 11.3 Å². The van der Waals surface area contributed by atoms with E-state index in [2.05, 4.69) is 61.7 Å². The minimum Gasteiger partial charge on any atom is -0.400 e. The van der Waals surface area contributed by atoms with Crippen LogP contribution in [0.15, 0.2) is 52.4 Å². The van der Waals surface area contributed by atoms with Crippen molar-refractivity contribution in [2.75, 3.05) is 7.11 Å². The lowest BCUT2D eigenvalue weighted by Gasteiger charge is -2.29. The molecule has 2 N–H and O–H groups in total. The molecule has 2 aliphatic carbocycles. The highest BCUT2D eigenvalue weighted by atomic mass is 32.2. The topological polar surface area (TPSA) is 61.7 Å². The maximum Gasteiger partial charge on any atom is 0.162 e. The maximum atomic E-state index is 12.0. The SMILES string of the molecule is CC1(C)CCc2sc(-c3cccc(CN=C4NC5CC=CC=C5S4)c3)c(C=O)c2C1.CO. The molecule has 0 amide bonds. The van der Waals surface area contributed by atoms with E-state index in [0.29, 0.717) is 12.6 Å². The Morgan fingerprint density at radius 1 is 1.31 bits per heavy atom. The van der Waals surface area contributed by atoms with Gasteiger partial charge >= 0.3 is 0 Å². The second-order valence-electron chi connectivity index (χ2n) is 9.06. The van der Waals surface area contributed by atoms with Gasteiger partial charge in [-0.2, -0.15) is 0 Å². The fourth-order valence-electron chi connectivity index (χ4n) is 4.47. The molecule has 2 heterocycles. The van der Waals surface area contributed by atoms with E-state index in [0.717, 1.165) is 53.8 Å². The van der Waals surface area contributed by atoms with Crippen molar-refractivity contribution < 1.29 is 9.90 Å². The van der Waals surface area contributed by atoms with Crippen LogP contribution in [0.2, 0.25) is 0 Å². The molecule has 2 aromatic rings. The monoisotopic (exact) mass is 466 g/mol. The zero-order valence-corrected chi connectivity index (χ0v) is 20.5. The molecular formula is C26H30N2O2S2. The largest absolute Gasteiger partial charge is 0.400 e. The summed E-state index contributed by atoms with van der Waals surface area (Å²) in [6.07, 6.45) is 11.9. The number of amidine groups is 1. The molecule has 0 radical (unpaired) electrons. The van der Waals surface area contributed by atoms with Gasteiger partial charge in [0.25, 0.3) is 0 Å². The second kappa shape index (κ2) is 9.77. The van der Waals surface area contributed by atoms with Crippen LogP contribution in [-0.4, -0.2) is 29.7 Å². The second-order valence-corrected chi connectivity index (χ2v) is 11.2. The number of nitrogens with one attached hydrogen (secondary N) is 1. The maximum absolute atomic E-state index is 12.0. The summed E-state index contributed by atoms with van der Waals surface area (Å²) < 4.78 is 0. The molecule has 1 atom stereocenters. The molecule has 5 rings (SSSR count). The Morgan fingerprint density at radius 3 is 2.94 bits per heavy atom. The number of aliphatic hydroxyl groups excluding tert-OH is 1. The summed E-state index contributed by atoms with van der Waals surface area (Å²) in [6, 6.07) is 8.93. The van der Waals surface area contributed by atoms with Crippen molar-refractivity contribution in [1.29, 1.82) is 0 Å². The normalized spacial score (nSPS) is 21.7. The van der Waals surface area contributed by atoms with E-state index in [-0.39, 0.29) is 5.41 Å². The number of carbonyl (C=O) groups is 1. The molecule has 0 spiro atoms. The van der Waals surface area contributed by atoms with Crippen LogP contribution in [0.3, 0.4) is 0 Å². The van der Waals surface area contributed by atoms with Crippen LogP contribution in [0.25, 0.3) is 10.4 Å². The van der Waals surface area contributed by atoms with E-state index < -0.39 is 0 Å². The highest BCUT2D eigenvalue weighted by molar-refractivity contribution is 8.17. The van der Waals surface area contributed by atoms with E-state index in [1.54, 1.807) is 11.8 Å². The zero-order chi connectivity index (χ0) is 22.7. The zero-order valence-electron chi connectivity index (χ0n) is 18.9. The van der Waals surface area contributed by atoms with Crippen molar-refractivity contribution in [3.63, 3.8) is 0 Å². The Kier molecular flexibility index (Phi) is 7.03. The lowest BCUT2D eigenvalue weighted by Crippen LogP contribution is -2.26. The van der Waals surface area contributed by atoms with E-state index in [9.17, 15) is 4.79 Å². The van der Waals surface area contributed by atoms with Crippen LogP contribution in [0.5, 0.6) is 0 Å². The van der Waals surface area contributed by atoms with Gasteiger partial charge < -0.3 is 10.4 Å². The highest BCUT2D eigenvalue weighted by Gasteiger charge is 2.30. The number of benzene rings is 1. The Hall–Kier alpha value is -2.15. The average molecular weight is 467 g/mol. The highest BCUT2D eigenvalue weighted by Crippen LogP contribution is 2.44. The number of hydrogen-bond acceptors (Lipinski definition) is 5. The quantitative estimate of drug-likeness (QED) is 0.563. The van der Waals surface area contributed by atoms with Crippen LogP contribution < -0.4 is 5.32 Å². The molecule has 6 heteroatoms. The number of nitrogens with zero attached hydrogens (tertiary/aromatic N) is 1. The third kappa shape index (κ3) is 4.77. The minimum absolute atomic E-state index is 0.273. The van der Waals surface area contributed by atoms with Crippen LogP contribution in [0.1, 0.15) is 53.1 Å². The first-order chi connectivity index (χ1) is 15.5. The molecule has 0 bridgehead atoms. The number of allylic oxidation sites excluding steroid dienone is 2. The van der Waals surface area contributed by atoms with Crippen molar-refractivity contribution in [3.05, 3.63) is 69.0 Å². The standard InChI is InChI=1S/C25H26N2OS2.CH4O/c1-25(2)11-10-21-18(13-25)19(15-28)23(29-21)17-7-5-6-16(12-17)14-26-24-27-20-8-3-4-9-22(20)30-24;1-2/h3-7,9,12,15,20H,8,10-11,13-14H2,1-2H3,(H,26,27);2H,1H3. The Labute approximate surface area is 198 Å². The van der Waals surface area contributed by atoms with Crippen LogP contribution in [0.4, 0.5) is 0 Å². The number of fused-ring (bicyclic) bond motifs is 2. The summed E-state index contributed by atoms with van der Waals surface area (Å²) >= 11 is 3.55. The molecule has 1 saturated heterocycles. The molecule has 1 aromatic heterocycles. The molecule has 1 unspecified atom stereocenters. The van der Waals surface area contributed by atoms with Gasteiger partial charge in [0.1, 0.15) is 0 Å². The van der Waals surface area contributed by atoms with Gasteiger partial charge in [0.15, 0.2) is 11.5 Å². The van der Waals surface area contributed by atoms with Gasteiger partial charge in [0.2, 0.25) is 0 Å². The third-order valence-corrected chi connectivity index (χ3v) is 8.61. The molecule has 1 fully saturated rings. The first-order valence-corrected chi connectivity index (χ1v) is 12.6. The van der Waals surface area contributed by atoms with Crippen LogP contribution in [-0.2, 0) is 19.4 Å². The van der Waals surface area contributed by atoms with Gasteiger partial charge in [0, 0.05) is 27.3 Å². The molecule has 1 aliphatic heterocycles. The third-order valence-electron chi connectivity index (χ3n) is 6.15. The number of aryl methyl sites for hydroxylation is 1. The fourth-order valence-corrected chi connectivity index (χ4v) is 6.75. The van der Waals surface area contributed by atoms with E-state index >= 15 is 0 Å². The van der Waals surface area contributed by atoms with Gasteiger partial charge in [0.05, 0.1) is 12.6 Å². The van der Waals surface area contributed by atoms with Crippen LogP contribution >= 0.6 is 23.1 Å². The van der Waals surface area contributed by atoms with Crippen LogP contribution in [0, 0.1) is 5.41 Å². The number of carbonyl (C=O) groups excluding carboxylic acids is 1. The van der Waals surface area contributed by atoms with Crippen molar-refractivity contribution in [2.24, 2.45) is 10.4 Å². The molecule has 3 aliphatic rings. The molecule has 4 nitrogen and oxygen atoms in total. The molecular weight excluding hydrogens is 436 g/mol. The summed E-state index contributed by atoms with van der Waals surface area (Å²) in [5.74, 6) is 0. The number of thioether (sulfide) groups is 1. The first kappa shape index (κ1) is 23.0. The van der Waals surface area contributed by atoms with Crippen molar-refractivity contribution >= 4 is 34.6 Å². The van der Waals surface area contributed by atoms with E-state index in [1.165, 1.54) is 27.3 Å². The summed E-state index contributed by atoms with van der Waals surface area (Å²) in [5, 5.41) is 11.5. The number of thiophene rings is 1. The van der Waals surface area contributed by atoms with Gasteiger partial charge in [-0.1, -0.05) is 62.0 Å². The predicted molar refractivity (Wildman–Crippen MR) is 137 cm³/mol. The van der Waals surface area contributed by atoms with Crippen molar-refractivity contribution in [3.8, 4) is 10.4 Å². The minimum atomic E-state index is 0.273. The number of aliphatic hydroxyl groups is 1. The molecule has 32 heavy (non-hydrogen) atoms. The molecule has 0 saturated carbocycles. The Morgan fingerprint density at radius 2 is 2.16 bits per heavy atom. The molecule has 1 aromatic carbocycles. The molecule has 168 valence electrons. The number of aliphatic imine (C=N–C) groups is 1. The predicted octanol–water partition coefficient (Wildman–Crippen LogP) is 5.76. The summed E-state index contributed by atoms with van der Waals surface area (Å²) in [5.41, 5.74) is 4.77. The van der Waals surface area contributed by atoms with E-state index in [4.69, 9.17) is 10.1 Å². The summed E-state index contributed by atoms with van der Waals surface area (Å²) in [4.78, 5) is 20.7. The smallest absolute Gasteiger partial charge is 0.162 e. The Balaban J connectivity index is 0.00000119. The Bertz CT molecular complexity index is 1100. The fraction of sp³-hybridized carbons (Fsp3) is 0.385. The lowest BCUT2D eigenvalue weighted by molar-refractivity contribution is 0.112. The summed E-state index contributed by atoms with van der Waals surface area (Å²) in [6.45, 7) is 5.25. The van der Waals surface area contributed by atoms with Gasteiger partial charge in [-0.3, -0.25) is 9.79 Å². The van der Waals surface area contributed by atoms with Gasteiger partial charge in [-0.25, -0.2) is 0 Å². The number of hydrogen-bond donors (Lipinski definition) is 2. The van der Waals surface area contributed by atoms with Crippen molar-refractivity contribution in [2.45, 2.75) is 52.1 Å². The average Bonchev–Trinajstić information content (AvgIpc) is 3.39. The van der Waals surface area contributed by atoms with Gasteiger partial charge in [-0.15, -0.1) is 11.3 Å². The van der Waals surface area contributed by atoms with Gasteiger partial charge in [-0.05, 0) is 53.9 Å². The van der Waals surface area contributed by atoms with Crippen molar-refractivity contribution in [1.82, 2.24) is 5.32 Å².